The Hall–Kier alpha value is -1.59. The Kier molecular flexibility index (Phi) is 3.52. The van der Waals surface area contributed by atoms with Crippen LogP contribution in [0.1, 0.15) is 32.6 Å². The summed E-state index contributed by atoms with van der Waals surface area (Å²) in [6, 6.07) is 0. The summed E-state index contributed by atoms with van der Waals surface area (Å²) in [5.74, 6) is -1.83. The van der Waals surface area contributed by atoms with Crippen LogP contribution in [-0.4, -0.2) is 40.9 Å². The summed E-state index contributed by atoms with van der Waals surface area (Å²) in [7, 11) is 0. The Morgan fingerprint density at radius 3 is 2.37 bits per heavy atom. The second-order valence-corrected chi connectivity index (χ2v) is 5.98. The van der Waals surface area contributed by atoms with Crippen molar-refractivity contribution in [3.8, 4) is 0 Å². The number of carboxylic acids is 1. The first-order chi connectivity index (χ1) is 8.83. The maximum Gasteiger partial charge on any atom is 0.306 e. The van der Waals surface area contributed by atoms with Crippen LogP contribution in [0, 0.1) is 17.3 Å². The van der Waals surface area contributed by atoms with Gasteiger partial charge in [0, 0.05) is 19.0 Å². The number of carbonyl (C=O) groups excluding carboxylic acids is 2. The van der Waals surface area contributed by atoms with Gasteiger partial charge in [0.1, 0.15) is 0 Å². The van der Waals surface area contributed by atoms with Crippen molar-refractivity contribution in [3.05, 3.63) is 0 Å². The molecule has 2 rings (SSSR count). The predicted octanol–water partition coefficient (Wildman–Crippen LogP) is 0.211. The molecular formula is C13H20N2O4. The third-order valence-corrected chi connectivity index (χ3v) is 4.51. The Bertz CT molecular complexity index is 423. The first kappa shape index (κ1) is 13.8. The molecule has 1 saturated heterocycles. The minimum atomic E-state index is -0.821. The summed E-state index contributed by atoms with van der Waals surface area (Å²) >= 11 is 0. The number of nitrogens with two attached hydrogens (primary N) is 1. The van der Waals surface area contributed by atoms with Crippen molar-refractivity contribution in [2.45, 2.75) is 32.6 Å². The van der Waals surface area contributed by atoms with Gasteiger partial charge in [0.25, 0.3) is 0 Å². The van der Waals surface area contributed by atoms with E-state index in [0.29, 0.717) is 38.8 Å². The molecule has 2 aliphatic rings. The largest absolute Gasteiger partial charge is 0.481 e. The molecule has 1 heterocycles. The number of amides is 2. The number of hydrogen-bond donors (Lipinski definition) is 2. The van der Waals surface area contributed by atoms with Crippen LogP contribution < -0.4 is 5.73 Å². The summed E-state index contributed by atoms with van der Waals surface area (Å²) in [5.41, 5.74) is 4.72. The van der Waals surface area contributed by atoms with Crippen molar-refractivity contribution in [1.82, 2.24) is 4.90 Å². The number of primary amides is 1. The standard InChI is InChI=1S/C13H20N2O4/c1-13(12(14)19)4-5-15(7-13)10(16)8-2-3-9(6-8)11(17)18/h8-9H,2-7H2,1H3,(H2,14,19)(H,17,18). The van der Waals surface area contributed by atoms with Crippen molar-refractivity contribution < 1.29 is 19.5 Å². The maximum absolute atomic E-state index is 12.3. The lowest BCUT2D eigenvalue weighted by Crippen LogP contribution is -2.40. The lowest BCUT2D eigenvalue weighted by molar-refractivity contribution is -0.141. The van der Waals surface area contributed by atoms with Gasteiger partial charge >= 0.3 is 5.97 Å². The van der Waals surface area contributed by atoms with Crippen LogP contribution in [0.4, 0.5) is 0 Å². The minimum Gasteiger partial charge on any atom is -0.481 e. The molecule has 3 atom stereocenters. The van der Waals surface area contributed by atoms with Gasteiger partial charge in [-0.1, -0.05) is 0 Å². The first-order valence-electron chi connectivity index (χ1n) is 6.65. The molecule has 1 aliphatic carbocycles. The van der Waals surface area contributed by atoms with Gasteiger partial charge in [0.15, 0.2) is 0 Å². The van der Waals surface area contributed by atoms with Crippen LogP contribution in [0.25, 0.3) is 0 Å². The van der Waals surface area contributed by atoms with E-state index in [1.54, 1.807) is 11.8 Å². The number of nitrogens with zero attached hydrogens (tertiary/aromatic N) is 1. The second-order valence-electron chi connectivity index (χ2n) is 5.98. The molecule has 0 aromatic carbocycles. The zero-order valence-electron chi connectivity index (χ0n) is 11.1. The van der Waals surface area contributed by atoms with Gasteiger partial charge in [-0.3, -0.25) is 14.4 Å². The fraction of sp³-hybridized carbons (Fsp3) is 0.769. The van der Waals surface area contributed by atoms with E-state index in [1.807, 2.05) is 0 Å². The molecule has 2 fully saturated rings. The SMILES string of the molecule is CC1(C(N)=O)CCN(C(=O)C2CCC(C(=O)O)C2)C1. The predicted molar refractivity (Wildman–Crippen MR) is 67.0 cm³/mol. The van der Waals surface area contributed by atoms with Gasteiger partial charge in [-0.15, -0.1) is 0 Å². The van der Waals surface area contributed by atoms with Crippen LogP contribution >= 0.6 is 0 Å². The van der Waals surface area contributed by atoms with Crippen molar-refractivity contribution in [3.63, 3.8) is 0 Å². The molecule has 3 N–H and O–H groups in total. The zero-order chi connectivity index (χ0) is 14.2. The quantitative estimate of drug-likeness (QED) is 0.764. The van der Waals surface area contributed by atoms with Gasteiger partial charge in [-0.05, 0) is 32.6 Å². The van der Waals surface area contributed by atoms with E-state index in [9.17, 15) is 14.4 Å². The molecular weight excluding hydrogens is 248 g/mol. The second kappa shape index (κ2) is 4.83. The van der Waals surface area contributed by atoms with Gasteiger partial charge < -0.3 is 15.7 Å². The Labute approximate surface area is 111 Å². The van der Waals surface area contributed by atoms with Gasteiger partial charge in [0.2, 0.25) is 11.8 Å². The molecule has 0 radical (unpaired) electrons. The Morgan fingerprint density at radius 2 is 1.89 bits per heavy atom. The third kappa shape index (κ3) is 2.57. The highest BCUT2D eigenvalue weighted by molar-refractivity contribution is 5.85. The van der Waals surface area contributed by atoms with Crippen molar-refractivity contribution in [2.75, 3.05) is 13.1 Å². The Morgan fingerprint density at radius 1 is 1.26 bits per heavy atom. The molecule has 0 aromatic heterocycles. The minimum absolute atomic E-state index is 0.0197. The van der Waals surface area contributed by atoms with Crippen molar-refractivity contribution in [1.29, 1.82) is 0 Å². The fourth-order valence-electron chi connectivity index (χ4n) is 3.04. The summed E-state index contributed by atoms with van der Waals surface area (Å²) < 4.78 is 0. The molecule has 6 nitrogen and oxygen atoms in total. The van der Waals surface area contributed by atoms with Crippen LogP contribution in [0.3, 0.4) is 0 Å². The normalized spacial score (nSPS) is 34.5. The topological polar surface area (TPSA) is 101 Å². The number of rotatable bonds is 3. The number of carboxylic acid groups (broad SMARTS) is 1. The number of aliphatic carboxylic acids is 1. The molecule has 3 unspecified atom stereocenters. The lowest BCUT2D eigenvalue weighted by atomic mass is 9.89. The summed E-state index contributed by atoms with van der Waals surface area (Å²) in [6.45, 7) is 2.67. The van der Waals surface area contributed by atoms with E-state index in [-0.39, 0.29) is 17.7 Å². The van der Waals surface area contributed by atoms with Crippen LogP contribution in [-0.2, 0) is 14.4 Å². The molecule has 19 heavy (non-hydrogen) atoms. The Balaban J connectivity index is 1.96. The van der Waals surface area contributed by atoms with Crippen LogP contribution in [0.15, 0.2) is 0 Å². The van der Waals surface area contributed by atoms with Gasteiger partial charge in [0.05, 0.1) is 11.3 Å². The van der Waals surface area contributed by atoms with Crippen LogP contribution in [0.5, 0.6) is 0 Å². The molecule has 106 valence electrons. The van der Waals surface area contributed by atoms with E-state index in [0.717, 1.165) is 0 Å². The number of carbonyl (C=O) groups is 3. The maximum atomic E-state index is 12.3. The van der Waals surface area contributed by atoms with Gasteiger partial charge in [-0.25, -0.2) is 0 Å². The molecule has 0 bridgehead atoms. The van der Waals surface area contributed by atoms with Gasteiger partial charge in [-0.2, -0.15) is 0 Å². The average molecular weight is 268 g/mol. The molecule has 0 spiro atoms. The van der Waals surface area contributed by atoms with Crippen molar-refractivity contribution >= 4 is 17.8 Å². The average Bonchev–Trinajstić information content (AvgIpc) is 2.95. The highest BCUT2D eigenvalue weighted by Crippen LogP contribution is 2.36. The molecule has 0 aromatic rings. The van der Waals surface area contributed by atoms with Crippen molar-refractivity contribution in [2.24, 2.45) is 23.0 Å². The third-order valence-electron chi connectivity index (χ3n) is 4.51. The van der Waals surface area contributed by atoms with E-state index in [4.69, 9.17) is 10.8 Å². The van der Waals surface area contributed by atoms with E-state index < -0.39 is 17.3 Å². The zero-order valence-corrected chi connectivity index (χ0v) is 11.1. The number of hydrogen-bond acceptors (Lipinski definition) is 3. The monoisotopic (exact) mass is 268 g/mol. The smallest absolute Gasteiger partial charge is 0.306 e. The highest BCUT2D eigenvalue weighted by Gasteiger charge is 2.43. The van der Waals surface area contributed by atoms with E-state index >= 15 is 0 Å². The van der Waals surface area contributed by atoms with Crippen LogP contribution in [0.2, 0.25) is 0 Å². The highest BCUT2D eigenvalue weighted by atomic mass is 16.4. The first-order valence-corrected chi connectivity index (χ1v) is 6.65. The summed E-state index contributed by atoms with van der Waals surface area (Å²) in [5, 5.41) is 8.95. The fourth-order valence-corrected chi connectivity index (χ4v) is 3.04. The summed E-state index contributed by atoms with van der Waals surface area (Å²) in [4.78, 5) is 36.2. The molecule has 2 amide bonds. The molecule has 1 saturated carbocycles. The van der Waals surface area contributed by atoms with E-state index in [2.05, 4.69) is 0 Å². The summed E-state index contributed by atoms with van der Waals surface area (Å²) in [6.07, 6.45) is 2.19. The molecule has 1 aliphatic heterocycles. The number of likely N-dealkylation sites (tertiary alicyclic amines) is 1. The van der Waals surface area contributed by atoms with E-state index in [1.165, 1.54) is 0 Å². The molecule has 6 heteroatoms. The lowest BCUT2D eigenvalue weighted by Gasteiger charge is -2.23.